The Bertz CT molecular complexity index is 2820. The second-order valence-corrected chi connectivity index (χ2v) is 15.7. The smallest absolute Gasteiger partial charge is 0.138 e. The molecule has 0 saturated heterocycles. The molecule has 8 aromatic rings. The summed E-state index contributed by atoms with van der Waals surface area (Å²) in [7, 11) is 0. The van der Waals surface area contributed by atoms with Gasteiger partial charge in [-0.15, -0.1) is 0 Å². The largest absolute Gasteiger partial charge is 0.355 e. The molecule has 0 fully saturated rings. The summed E-state index contributed by atoms with van der Waals surface area (Å²) in [5.74, 6) is 1.60. The highest BCUT2D eigenvalue weighted by atomic mass is 15.4. The van der Waals surface area contributed by atoms with Gasteiger partial charge in [-0.05, 0) is 120 Å². The monoisotopic (exact) mass is 734 g/mol. The molecule has 1 aliphatic rings. The molecule has 5 nitrogen and oxygen atoms in total. The fraction of sp³-hybridized carbons (Fsp3) is 0.196. The topological polar surface area (TPSA) is 27.5 Å². The molecule has 0 unspecified atom stereocenters. The van der Waals surface area contributed by atoms with E-state index in [9.17, 15) is 0 Å². The maximum Gasteiger partial charge on any atom is 0.138 e. The van der Waals surface area contributed by atoms with Crippen LogP contribution < -0.4 is 14.7 Å². The lowest BCUT2D eigenvalue weighted by molar-refractivity contribution is 0.838. The summed E-state index contributed by atoms with van der Waals surface area (Å²) in [6, 6.07) is 49.1. The summed E-state index contributed by atoms with van der Waals surface area (Å²) >= 11 is 0. The first-order valence-corrected chi connectivity index (χ1v) is 19.6. The van der Waals surface area contributed by atoms with Crippen LogP contribution >= 0.6 is 0 Å². The van der Waals surface area contributed by atoms with E-state index in [2.05, 4.69) is 171 Å². The van der Waals surface area contributed by atoms with E-state index < -0.39 is 6.98 Å². The molecule has 5 heteroatoms. The third-order valence-electron chi connectivity index (χ3n) is 11.4. The minimum absolute atomic E-state index is 0.223. The Balaban J connectivity index is 1.24. The average molecular weight is 735 g/mol. The molecule has 3 heterocycles. The van der Waals surface area contributed by atoms with Crippen molar-refractivity contribution in [1.82, 2.24) is 9.55 Å². The number of fused-ring (bicyclic) bond motifs is 4. The van der Waals surface area contributed by atoms with Crippen LogP contribution in [0.1, 0.15) is 65.9 Å². The summed E-state index contributed by atoms with van der Waals surface area (Å²) < 4.78 is 27.2. The van der Waals surface area contributed by atoms with Gasteiger partial charge in [0.15, 0.2) is 0 Å². The number of aromatic nitrogens is 2. The Morgan fingerprint density at radius 1 is 0.625 bits per heavy atom. The molecule has 278 valence electrons. The van der Waals surface area contributed by atoms with Crippen LogP contribution in [0.15, 0.2) is 146 Å². The molecule has 0 atom stereocenters. The number of aryl methyl sites for hydroxylation is 2. The van der Waals surface area contributed by atoms with E-state index in [1.807, 2.05) is 30.5 Å². The van der Waals surface area contributed by atoms with Crippen molar-refractivity contribution in [3.63, 3.8) is 0 Å². The van der Waals surface area contributed by atoms with E-state index in [0.29, 0.717) is 17.5 Å². The summed E-state index contributed by atoms with van der Waals surface area (Å²) in [5, 5.41) is 2.31. The predicted molar refractivity (Wildman–Crippen MR) is 238 cm³/mol. The van der Waals surface area contributed by atoms with Gasteiger partial charge in [0.25, 0.3) is 0 Å². The summed E-state index contributed by atoms with van der Waals surface area (Å²) in [6.07, 6.45) is 1.95. The minimum atomic E-state index is -2.27. The zero-order valence-electron chi connectivity index (χ0n) is 36.0. The van der Waals surface area contributed by atoms with Gasteiger partial charge in [0.2, 0.25) is 0 Å². The Morgan fingerprint density at radius 2 is 1.29 bits per heavy atom. The molecule has 0 radical (unpaired) electrons. The lowest BCUT2D eigenvalue weighted by atomic mass is 9.85. The Kier molecular flexibility index (Phi) is 8.03. The van der Waals surface area contributed by atoms with Gasteiger partial charge in [0.1, 0.15) is 5.82 Å². The molecule has 2 aromatic heterocycles. The van der Waals surface area contributed by atoms with E-state index in [0.717, 1.165) is 61.8 Å². The van der Waals surface area contributed by atoms with Crippen LogP contribution in [0.3, 0.4) is 0 Å². The standard InChI is InChI=1S/C51H49N5/c1-33(2)41-20-14-21-42(34(3)4)50(41)37-27-28-52-49(29-37)56-45-22-9-8-19-43(45)44-26-25-40(31-48(44)56)55(51-35(5)15-12-16-36(51)6)39-18-13-17-38(30-39)54-32-53(7)46-23-10-11-24-47(46)54/h8-31,33-34H,32H2,1-7H3/i7D3. The molecule has 6 aromatic carbocycles. The minimum Gasteiger partial charge on any atom is -0.355 e. The van der Waals surface area contributed by atoms with Gasteiger partial charge >= 0.3 is 0 Å². The predicted octanol–water partition coefficient (Wildman–Crippen LogP) is 13.7. The zero-order chi connectivity index (χ0) is 41.2. The normalized spacial score (nSPS) is 13.8. The highest BCUT2D eigenvalue weighted by Crippen LogP contribution is 2.45. The van der Waals surface area contributed by atoms with Crippen LogP contribution in [-0.4, -0.2) is 23.2 Å². The van der Waals surface area contributed by atoms with Crippen LogP contribution in [0, 0.1) is 13.8 Å². The third kappa shape index (κ3) is 5.90. The Morgan fingerprint density at radius 3 is 2.04 bits per heavy atom. The van der Waals surface area contributed by atoms with Crippen LogP contribution in [0.4, 0.5) is 34.1 Å². The molecule has 0 bridgehead atoms. The van der Waals surface area contributed by atoms with E-state index in [4.69, 9.17) is 9.10 Å². The molecule has 9 rings (SSSR count). The van der Waals surface area contributed by atoms with E-state index in [1.54, 1.807) is 0 Å². The molecular weight excluding hydrogens is 683 g/mol. The molecule has 0 spiro atoms. The van der Waals surface area contributed by atoms with Crippen molar-refractivity contribution in [3.05, 3.63) is 168 Å². The average Bonchev–Trinajstić information content (AvgIpc) is 3.79. The third-order valence-corrected chi connectivity index (χ3v) is 11.4. The van der Waals surface area contributed by atoms with Gasteiger partial charge in [-0.25, -0.2) is 4.98 Å². The molecular formula is C51H49N5. The molecule has 0 N–H and O–H groups in total. The van der Waals surface area contributed by atoms with Crippen molar-refractivity contribution in [2.45, 2.75) is 53.4 Å². The summed E-state index contributed by atoms with van der Waals surface area (Å²) in [6.45, 7) is 11.4. The lowest BCUT2D eigenvalue weighted by Crippen LogP contribution is -2.24. The van der Waals surface area contributed by atoms with Gasteiger partial charge in [0.05, 0.1) is 34.8 Å². The number of rotatable bonds is 8. The van der Waals surface area contributed by atoms with Gasteiger partial charge in [-0.3, -0.25) is 4.57 Å². The van der Waals surface area contributed by atoms with Crippen LogP contribution in [-0.2, 0) is 0 Å². The molecule has 0 aliphatic carbocycles. The van der Waals surface area contributed by atoms with Gasteiger partial charge < -0.3 is 14.7 Å². The Labute approximate surface area is 335 Å². The maximum absolute atomic E-state index is 8.31. The van der Waals surface area contributed by atoms with E-state index in [1.165, 1.54) is 32.5 Å². The molecule has 0 saturated carbocycles. The van der Waals surface area contributed by atoms with Crippen molar-refractivity contribution in [3.8, 4) is 16.9 Å². The fourth-order valence-corrected chi connectivity index (χ4v) is 8.73. The van der Waals surface area contributed by atoms with Crippen molar-refractivity contribution in [2.75, 3.05) is 28.3 Å². The highest BCUT2D eigenvalue weighted by Gasteiger charge is 2.26. The van der Waals surface area contributed by atoms with E-state index in [-0.39, 0.29) is 6.67 Å². The molecule has 0 amide bonds. The first kappa shape index (κ1) is 32.0. The quantitative estimate of drug-likeness (QED) is 0.155. The van der Waals surface area contributed by atoms with Gasteiger partial charge in [-0.2, -0.15) is 0 Å². The number of anilines is 6. The molecule has 1 aliphatic heterocycles. The number of pyridine rings is 1. The van der Waals surface area contributed by atoms with Crippen LogP contribution in [0.2, 0.25) is 0 Å². The van der Waals surface area contributed by atoms with Crippen LogP contribution in [0.25, 0.3) is 38.8 Å². The van der Waals surface area contributed by atoms with E-state index >= 15 is 0 Å². The Hall–Kier alpha value is -6.33. The number of para-hydroxylation sites is 4. The summed E-state index contributed by atoms with van der Waals surface area (Å²) in [5.41, 5.74) is 15.2. The summed E-state index contributed by atoms with van der Waals surface area (Å²) in [4.78, 5) is 11.0. The maximum atomic E-state index is 8.31. The van der Waals surface area contributed by atoms with Crippen molar-refractivity contribution in [1.29, 1.82) is 0 Å². The van der Waals surface area contributed by atoms with Crippen molar-refractivity contribution in [2.24, 2.45) is 0 Å². The number of nitrogens with zero attached hydrogens (tertiary/aromatic N) is 5. The SMILES string of the molecule is [2H]C([2H])([2H])N1CN(c2cccc(N(c3ccc4c5ccccc5n(-c5cc(-c6c(C(C)C)cccc6C(C)C)ccn5)c4c3)c3c(C)cccc3C)c2)c2ccccc21. The van der Waals surface area contributed by atoms with Gasteiger partial charge in [0, 0.05) is 45.1 Å². The van der Waals surface area contributed by atoms with Crippen LogP contribution in [0.5, 0.6) is 0 Å². The second-order valence-electron chi connectivity index (χ2n) is 15.7. The number of benzene rings is 6. The fourth-order valence-electron chi connectivity index (χ4n) is 8.73. The molecule has 56 heavy (non-hydrogen) atoms. The van der Waals surface area contributed by atoms with Gasteiger partial charge in [-0.1, -0.05) is 107 Å². The number of hydrogen-bond donors (Lipinski definition) is 0. The first-order chi connectivity index (χ1) is 28.4. The van der Waals surface area contributed by atoms with Crippen molar-refractivity contribution < 1.29 is 4.11 Å². The highest BCUT2D eigenvalue weighted by molar-refractivity contribution is 6.10. The lowest BCUT2D eigenvalue weighted by Gasteiger charge is -2.30. The van der Waals surface area contributed by atoms with Crippen molar-refractivity contribution >= 4 is 55.9 Å². The number of hydrogen-bond acceptors (Lipinski definition) is 4. The zero-order valence-corrected chi connectivity index (χ0v) is 33.0. The second kappa shape index (κ2) is 14.1. The first-order valence-electron chi connectivity index (χ1n) is 21.1.